The Bertz CT molecular complexity index is 293. The Balaban J connectivity index is 4.67. The standard InChI is InChI=1S/C9H10N2O2/c1-4-9(5-10,6-11)13-8(12)7(2)3/h2,4H2,1,3H3. The minimum atomic E-state index is -1.67. The summed E-state index contributed by atoms with van der Waals surface area (Å²) >= 11 is 0. The molecule has 4 heteroatoms. The molecule has 0 aliphatic heterocycles. The minimum Gasteiger partial charge on any atom is -0.427 e. The van der Waals surface area contributed by atoms with Gasteiger partial charge in [-0.25, -0.2) is 4.79 Å². The summed E-state index contributed by atoms with van der Waals surface area (Å²) in [7, 11) is 0. The second-order valence-corrected chi connectivity index (χ2v) is 2.57. The summed E-state index contributed by atoms with van der Waals surface area (Å²) in [5, 5.41) is 17.3. The Morgan fingerprint density at radius 1 is 1.54 bits per heavy atom. The van der Waals surface area contributed by atoms with Crippen LogP contribution in [0.15, 0.2) is 12.2 Å². The van der Waals surface area contributed by atoms with Crippen LogP contribution in [0.1, 0.15) is 20.3 Å². The molecule has 0 aromatic carbocycles. The number of esters is 1. The monoisotopic (exact) mass is 178 g/mol. The number of rotatable bonds is 3. The van der Waals surface area contributed by atoms with Gasteiger partial charge in [-0.1, -0.05) is 13.5 Å². The summed E-state index contributed by atoms with van der Waals surface area (Å²) in [6.45, 7) is 6.40. The molecular formula is C9H10N2O2. The normalized spacial score (nSPS) is 9.54. The fourth-order valence-corrected chi connectivity index (χ4v) is 0.546. The second kappa shape index (κ2) is 4.27. The van der Waals surface area contributed by atoms with E-state index in [1.54, 1.807) is 19.1 Å². The van der Waals surface area contributed by atoms with Crippen molar-refractivity contribution < 1.29 is 9.53 Å². The van der Waals surface area contributed by atoms with E-state index >= 15 is 0 Å². The molecule has 0 bridgehead atoms. The van der Waals surface area contributed by atoms with Crippen molar-refractivity contribution in [1.29, 1.82) is 10.5 Å². The van der Waals surface area contributed by atoms with Gasteiger partial charge in [0.2, 0.25) is 0 Å². The van der Waals surface area contributed by atoms with Crippen LogP contribution >= 0.6 is 0 Å². The third-order valence-corrected chi connectivity index (χ3v) is 1.47. The topological polar surface area (TPSA) is 73.9 Å². The quantitative estimate of drug-likeness (QED) is 0.482. The highest BCUT2D eigenvalue weighted by molar-refractivity contribution is 5.87. The van der Waals surface area contributed by atoms with Gasteiger partial charge in [0.05, 0.1) is 0 Å². The van der Waals surface area contributed by atoms with Crippen molar-refractivity contribution in [3.8, 4) is 12.1 Å². The fourth-order valence-electron chi connectivity index (χ4n) is 0.546. The van der Waals surface area contributed by atoms with Crippen LogP contribution in [0.3, 0.4) is 0 Å². The van der Waals surface area contributed by atoms with Gasteiger partial charge in [-0.2, -0.15) is 10.5 Å². The van der Waals surface area contributed by atoms with E-state index in [1.807, 2.05) is 0 Å². The van der Waals surface area contributed by atoms with Crippen molar-refractivity contribution in [2.75, 3.05) is 0 Å². The molecule has 0 heterocycles. The van der Waals surface area contributed by atoms with E-state index < -0.39 is 11.6 Å². The summed E-state index contributed by atoms with van der Waals surface area (Å²) in [4.78, 5) is 11.0. The van der Waals surface area contributed by atoms with E-state index in [0.29, 0.717) is 0 Å². The van der Waals surface area contributed by atoms with Gasteiger partial charge in [0.15, 0.2) is 0 Å². The van der Waals surface area contributed by atoms with Gasteiger partial charge in [0, 0.05) is 12.0 Å². The van der Waals surface area contributed by atoms with Gasteiger partial charge in [-0.05, 0) is 6.92 Å². The van der Waals surface area contributed by atoms with Crippen molar-refractivity contribution in [2.45, 2.75) is 25.9 Å². The molecule has 0 aliphatic rings. The lowest BCUT2D eigenvalue weighted by atomic mass is 10.1. The van der Waals surface area contributed by atoms with Crippen molar-refractivity contribution in [3.63, 3.8) is 0 Å². The van der Waals surface area contributed by atoms with Gasteiger partial charge in [0.1, 0.15) is 12.1 Å². The Hall–Kier alpha value is -1.81. The zero-order valence-corrected chi connectivity index (χ0v) is 7.63. The number of ether oxygens (including phenoxy) is 1. The molecule has 0 radical (unpaired) electrons. The smallest absolute Gasteiger partial charge is 0.335 e. The number of nitrogens with zero attached hydrogens (tertiary/aromatic N) is 2. The summed E-state index contributed by atoms with van der Waals surface area (Å²) in [5.74, 6) is -0.718. The van der Waals surface area contributed by atoms with E-state index in [2.05, 4.69) is 11.3 Å². The largest absolute Gasteiger partial charge is 0.427 e. The van der Waals surface area contributed by atoms with Crippen LogP contribution in [-0.4, -0.2) is 11.6 Å². The van der Waals surface area contributed by atoms with Crippen LogP contribution in [0.25, 0.3) is 0 Å². The molecule has 0 atom stereocenters. The molecule has 0 aromatic heterocycles. The Labute approximate surface area is 77.0 Å². The van der Waals surface area contributed by atoms with E-state index in [-0.39, 0.29) is 12.0 Å². The lowest BCUT2D eigenvalue weighted by Crippen LogP contribution is -2.31. The highest BCUT2D eigenvalue weighted by Crippen LogP contribution is 2.15. The molecule has 0 spiro atoms. The molecule has 0 unspecified atom stereocenters. The molecule has 0 amide bonds. The van der Waals surface area contributed by atoms with Crippen LogP contribution in [-0.2, 0) is 9.53 Å². The summed E-state index contributed by atoms with van der Waals surface area (Å²) < 4.78 is 4.69. The van der Waals surface area contributed by atoms with Crippen molar-refractivity contribution in [3.05, 3.63) is 12.2 Å². The molecule has 0 saturated heterocycles. The molecule has 0 N–H and O–H groups in total. The first kappa shape index (κ1) is 11.2. The molecule has 0 fully saturated rings. The summed E-state index contributed by atoms with van der Waals surface area (Å²) in [5.41, 5.74) is -1.50. The lowest BCUT2D eigenvalue weighted by molar-refractivity contribution is -0.145. The third kappa shape index (κ3) is 2.61. The van der Waals surface area contributed by atoms with Crippen molar-refractivity contribution in [2.24, 2.45) is 0 Å². The molecule has 0 aliphatic carbocycles. The van der Waals surface area contributed by atoms with Crippen molar-refractivity contribution in [1.82, 2.24) is 0 Å². The molecule has 0 aromatic rings. The highest BCUT2D eigenvalue weighted by Gasteiger charge is 2.32. The van der Waals surface area contributed by atoms with Gasteiger partial charge in [-0.15, -0.1) is 0 Å². The predicted molar refractivity (Wildman–Crippen MR) is 45.2 cm³/mol. The second-order valence-electron chi connectivity index (χ2n) is 2.57. The molecule has 68 valence electrons. The first-order valence-electron chi connectivity index (χ1n) is 3.72. The zero-order valence-electron chi connectivity index (χ0n) is 7.63. The molecular weight excluding hydrogens is 168 g/mol. The first-order valence-corrected chi connectivity index (χ1v) is 3.72. The zero-order chi connectivity index (χ0) is 10.5. The molecule has 0 rings (SSSR count). The number of hydrogen-bond donors (Lipinski definition) is 0. The maximum absolute atomic E-state index is 11.0. The molecule has 0 saturated carbocycles. The first-order chi connectivity index (χ1) is 6.01. The lowest BCUT2D eigenvalue weighted by Gasteiger charge is -2.16. The van der Waals surface area contributed by atoms with E-state index in [0.717, 1.165) is 0 Å². The molecule has 4 nitrogen and oxygen atoms in total. The van der Waals surface area contributed by atoms with Crippen LogP contribution in [0.2, 0.25) is 0 Å². The Kier molecular flexibility index (Phi) is 3.68. The number of nitriles is 2. The van der Waals surface area contributed by atoms with Gasteiger partial charge >= 0.3 is 5.97 Å². The number of hydrogen-bond acceptors (Lipinski definition) is 4. The van der Waals surface area contributed by atoms with E-state index in [1.165, 1.54) is 6.92 Å². The maximum atomic E-state index is 11.0. The number of carbonyl (C=O) groups excluding carboxylic acids is 1. The van der Waals surface area contributed by atoms with Gasteiger partial charge < -0.3 is 4.74 Å². The third-order valence-electron chi connectivity index (χ3n) is 1.47. The SMILES string of the molecule is C=C(C)C(=O)OC(C#N)(C#N)CC. The Morgan fingerprint density at radius 2 is 2.00 bits per heavy atom. The van der Waals surface area contributed by atoms with Crippen LogP contribution < -0.4 is 0 Å². The highest BCUT2D eigenvalue weighted by atomic mass is 16.6. The van der Waals surface area contributed by atoms with Gasteiger partial charge in [0.25, 0.3) is 5.60 Å². The average molecular weight is 178 g/mol. The average Bonchev–Trinajstić information content (AvgIpc) is 2.14. The fraction of sp³-hybridized carbons (Fsp3) is 0.444. The maximum Gasteiger partial charge on any atom is 0.335 e. The summed E-state index contributed by atoms with van der Waals surface area (Å²) in [6.07, 6.45) is 0.138. The van der Waals surface area contributed by atoms with Gasteiger partial charge in [-0.3, -0.25) is 0 Å². The minimum absolute atomic E-state index is 0.138. The molecule has 13 heavy (non-hydrogen) atoms. The van der Waals surface area contributed by atoms with Crippen LogP contribution in [0, 0.1) is 22.7 Å². The van der Waals surface area contributed by atoms with Crippen molar-refractivity contribution >= 4 is 5.97 Å². The van der Waals surface area contributed by atoms with Crippen LogP contribution in [0.4, 0.5) is 0 Å². The number of carbonyl (C=O) groups is 1. The summed E-state index contributed by atoms with van der Waals surface area (Å²) in [6, 6.07) is 3.31. The van der Waals surface area contributed by atoms with Crippen LogP contribution in [0.5, 0.6) is 0 Å². The predicted octanol–water partition coefficient (Wildman–Crippen LogP) is 1.30. The van der Waals surface area contributed by atoms with E-state index in [4.69, 9.17) is 10.5 Å². The Morgan fingerprint density at radius 3 is 2.23 bits per heavy atom. The van der Waals surface area contributed by atoms with E-state index in [9.17, 15) is 4.79 Å².